The summed E-state index contributed by atoms with van der Waals surface area (Å²) in [7, 11) is 0. The van der Waals surface area contributed by atoms with Crippen LogP contribution in [0.25, 0.3) is 0 Å². The van der Waals surface area contributed by atoms with Gasteiger partial charge in [-0.1, -0.05) is 25.5 Å². The third-order valence-electron chi connectivity index (χ3n) is 3.48. The van der Waals surface area contributed by atoms with Crippen LogP contribution in [0.5, 0.6) is 0 Å². The van der Waals surface area contributed by atoms with Gasteiger partial charge in [0.05, 0.1) is 6.10 Å². The van der Waals surface area contributed by atoms with Gasteiger partial charge in [-0.25, -0.2) is 4.39 Å². The van der Waals surface area contributed by atoms with Crippen molar-refractivity contribution in [2.45, 2.75) is 50.8 Å². The molecular formula is C14H20FNO. The van der Waals surface area contributed by atoms with Gasteiger partial charge in [-0.05, 0) is 37.0 Å². The number of rotatable bonds is 4. The van der Waals surface area contributed by atoms with Gasteiger partial charge in [0.2, 0.25) is 0 Å². The zero-order valence-electron chi connectivity index (χ0n) is 10.2. The van der Waals surface area contributed by atoms with Gasteiger partial charge in [0.15, 0.2) is 0 Å². The zero-order chi connectivity index (χ0) is 12.3. The van der Waals surface area contributed by atoms with Gasteiger partial charge < -0.3 is 10.4 Å². The fourth-order valence-electron chi connectivity index (χ4n) is 2.60. The Bertz CT molecular complexity index is 369. The Morgan fingerprint density at radius 2 is 2.29 bits per heavy atom. The lowest BCUT2D eigenvalue weighted by Crippen LogP contribution is -2.33. The summed E-state index contributed by atoms with van der Waals surface area (Å²) < 4.78 is 13.1. The fourth-order valence-corrected chi connectivity index (χ4v) is 2.60. The average Bonchev–Trinajstić information content (AvgIpc) is 2.77. The predicted molar refractivity (Wildman–Crippen MR) is 66.2 cm³/mol. The number of hydrogen-bond donors (Lipinski definition) is 2. The van der Waals surface area contributed by atoms with Crippen LogP contribution in [0.2, 0.25) is 0 Å². The normalized spacial score (nSPS) is 26.1. The van der Waals surface area contributed by atoms with Gasteiger partial charge in [0.25, 0.3) is 0 Å². The van der Waals surface area contributed by atoms with E-state index in [9.17, 15) is 9.50 Å². The lowest BCUT2D eigenvalue weighted by molar-refractivity contribution is 0.134. The molecule has 0 bridgehead atoms. The predicted octanol–water partition coefficient (Wildman–Crippen LogP) is 2.78. The third-order valence-corrected chi connectivity index (χ3v) is 3.48. The molecule has 0 amide bonds. The second-order valence-electron chi connectivity index (χ2n) is 4.84. The molecule has 1 aliphatic rings. The smallest absolute Gasteiger partial charge is 0.123 e. The van der Waals surface area contributed by atoms with E-state index in [1.54, 1.807) is 12.1 Å². The first-order chi connectivity index (χ1) is 8.20. The first kappa shape index (κ1) is 12.5. The van der Waals surface area contributed by atoms with Crippen LogP contribution in [-0.4, -0.2) is 17.2 Å². The molecule has 17 heavy (non-hydrogen) atoms. The number of benzene rings is 1. The highest BCUT2D eigenvalue weighted by Crippen LogP contribution is 2.27. The van der Waals surface area contributed by atoms with Crippen LogP contribution in [0.3, 0.4) is 0 Å². The Labute approximate surface area is 102 Å². The van der Waals surface area contributed by atoms with Gasteiger partial charge in [0, 0.05) is 12.1 Å². The second-order valence-corrected chi connectivity index (χ2v) is 4.84. The first-order valence-corrected chi connectivity index (χ1v) is 6.40. The van der Waals surface area contributed by atoms with Gasteiger partial charge in [0.1, 0.15) is 5.82 Å². The van der Waals surface area contributed by atoms with Gasteiger partial charge in [-0.15, -0.1) is 0 Å². The Morgan fingerprint density at radius 3 is 3.00 bits per heavy atom. The maximum absolute atomic E-state index is 13.1. The van der Waals surface area contributed by atoms with Crippen LogP contribution >= 0.6 is 0 Å². The molecule has 1 unspecified atom stereocenters. The van der Waals surface area contributed by atoms with Crippen molar-refractivity contribution >= 4 is 0 Å². The van der Waals surface area contributed by atoms with Crippen LogP contribution in [0.1, 0.15) is 44.3 Å². The highest BCUT2D eigenvalue weighted by atomic mass is 19.1. The van der Waals surface area contributed by atoms with Crippen molar-refractivity contribution in [1.82, 2.24) is 5.32 Å². The summed E-state index contributed by atoms with van der Waals surface area (Å²) in [6, 6.07) is 6.81. The van der Waals surface area contributed by atoms with Crippen molar-refractivity contribution in [3.05, 3.63) is 35.6 Å². The molecule has 0 aliphatic carbocycles. The molecule has 2 N–H and O–H groups in total. The summed E-state index contributed by atoms with van der Waals surface area (Å²) in [4.78, 5) is 0. The minimum absolute atomic E-state index is 0.0633. The quantitative estimate of drug-likeness (QED) is 0.844. The van der Waals surface area contributed by atoms with E-state index in [0.717, 1.165) is 25.7 Å². The van der Waals surface area contributed by atoms with Gasteiger partial charge in [-0.3, -0.25) is 0 Å². The summed E-state index contributed by atoms with van der Waals surface area (Å²) in [6.07, 6.45) is 3.76. The molecule has 1 aliphatic heterocycles. The highest BCUT2D eigenvalue weighted by Gasteiger charge is 2.29. The maximum Gasteiger partial charge on any atom is 0.123 e. The molecule has 3 heteroatoms. The number of aliphatic hydroxyl groups is 1. The Balaban J connectivity index is 1.99. The van der Waals surface area contributed by atoms with Crippen molar-refractivity contribution in [1.29, 1.82) is 0 Å². The van der Waals surface area contributed by atoms with E-state index in [-0.39, 0.29) is 11.9 Å². The Morgan fingerprint density at radius 1 is 1.47 bits per heavy atom. The first-order valence-electron chi connectivity index (χ1n) is 6.40. The van der Waals surface area contributed by atoms with E-state index in [0.29, 0.717) is 11.6 Å². The zero-order valence-corrected chi connectivity index (χ0v) is 10.2. The van der Waals surface area contributed by atoms with E-state index >= 15 is 0 Å². The van der Waals surface area contributed by atoms with E-state index in [4.69, 9.17) is 0 Å². The molecule has 2 rings (SSSR count). The largest absolute Gasteiger partial charge is 0.387 e. The standard InChI is InChI=1S/C14H20FNO/c1-2-4-12-7-8-13(16-12)14(17)10-5-3-6-11(15)9-10/h3,5-6,9,12-14,16-17H,2,4,7-8H2,1H3/t12-,13-,14?/m0/s1. The molecule has 3 atom stereocenters. The molecule has 0 saturated carbocycles. The highest BCUT2D eigenvalue weighted by molar-refractivity contribution is 5.20. The van der Waals surface area contributed by atoms with E-state index in [1.165, 1.54) is 12.1 Å². The summed E-state index contributed by atoms with van der Waals surface area (Å²) in [5.74, 6) is -0.287. The molecular weight excluding hydrogens is 217 g/mol. The molecule has 1 aromatic carbocycles. The lowest BCUT2D eigenvalue weighted by atomic mass is 10.0. The van der Waals surface area contributed by atoms with Gasteiger partial charge in [-0.2, -0.15) is 0 Å². The molecule has 0 radical (unpaired) electrons. The van der Waals surface area contributed by atoms with Crippen LogP contribution in [0, 0.1) is 5.82 Å². The van der Waals surface area contributed by atoms with Gasteiger partial charge >= 0.3 is 0 Å². The van der Waals surface area contributed by atoms with Crippen molar-refractivity contribution in [3.8, 4) is 0 Å². The van der Waals surface area contributed by atoms with Crippen molar-refractivity contribution < 1.29 is 9.50 Å². The Kier molecular flexibility index (Phi) is 4.13. The molecule has 0 aromatic heterocycles. The summed E-state index contributed by atoms with van der Waals surface area (Å²) in [5.41, 5.74) is 0.666. The molecule has 94 valence electrons. The average molecular weight is 237 g/mol. The Hall–Kier alpha value is -0.930. The van der Waals surface area contributed by atoms with Crippen LogP contribution in [0.15, 0.2) is 24.3 Å². The molecule has 1 aromatic rings. The van der Waals surface area contributed by atoms with Crippen LogP contribution in [-0.2, 0) is 0 Å². The molecule has 2 nitrogen and oxygen atoms in total. The fraction of sp³-hybridized carbons (Fsp3) is 0.571. The van der Waals surface area contributed by atoms with Crippen LogP contribution in [0.4, 0.5) is 4.39 Å². The van der Waals surface area contributed by atoms with Crippen molar-refractivity contribution in [2.75, 3.05) is 0 Å². The number of aliphatic hydroxyl groups excluding tert-OH is 1. The molecule has 1 fully saturated rings. The van der Waals surface area contributed by atoms with E-state index in [1.807, 2.05) is 0 Å². The minimum atomic E-state index is -0.604. The second kappa shape index (κ2) is 5.61. The molecule has 1 saturated heterocycles. The number of nitrogens with one attached hydrogen (secondary N) is 1. The summed E-state index contributed by atoms with van der Waals surface area (Å²) in [5, 5.41) is 13.6. The van der Waals surface area contributed by atoms with Crippen LogP contribution < -0.4 is 5.32 Å². The lowest BCUT2D eigenvalue weighted by Gasteiger charge is -2.20. The minimum Gasteiger partial charge on any atom is -0.387 e. The monoisotopic (exact) mass is 237 g/mol. The maximum atomic E-state index is 13.1. The third kappa shape index (κ3) is 3.05. The van der Waals surface area contributed by atoms with E-state index < -0.39 is 6.10 Å². The topological polar surface area (TPSA) is 32.3 Å². The SMILES string of the molecule is CCC[C@H]1CC[C@@H](C(O)c2cccc(F)c2)N1. The van der Waals surface area contributed by atoms with E-state index in [2.05, 4.69) is 12.2 Å². The number of hydrogen-bond acceptors (Lipinski definition) is 2. The van der Waals surface area contributed by atoms with Crippen molar-refractivity contribution in [3.63, 3.8) is 0 Å². The summed E-state index contributed by atoms with van der Waals surface area (Å²) >= 11 is 0. The van der Waals surface area contributed by atoms with Crippen molar-refractivity contribution in [2.24, 2.45) is 0 Å². The summed E-state index contributed by atoms with van der Waals surface area (Å²) in [6.45, 7) is 2.16. The molecule has 1 heterocycles. The molecule has 0 spiro atoms. The number of halogens is 1.